The van der Waals surface area contributed by atoms with Gasteiger partial charge in [0, 0.05) is 19.1 Å². The molecule has 0 aliphatic heterocycles. The van der Waals surface area contributed by atoms with Crippen LogP contribution in [0.1, 0.15) is 64.5 Å². The number of rotatable bonds is 9. The van der Waals surface area contributed by atoms with E-state index in [1.54, 1.807) is 0 Å². The van der Waals surface area contributed by atoms with Gasteiger partial charge in [0.1, 0.15) is 0 Å². The second kappa shape index (κ2) is 10.8. The highest BCUT2D eigenvalue weighted by molar-refractivity contribution is 5.78. The first-order valence-corrected chi connectivity index (χ1v) is 10.4. The van der Waals surface area contributed by atoms with E-state index in [0.717, 1.165) is 49.3 Å². The molecule has 0 unspecified atom stereocenters. The predicted octanol–water partition coefficient (Wildman–Crippen LogP) is 4.71. The van der Waals surface area contributed by atoms with Crippen LogP contribution in [0.15, 0.2) is 24.3 Å². The van der Waals surface area contributed by atoms with Crippen molar-refractivity contribution < 1.29 is 14.3 Å². The molecular weight excluding hydrogens is 338 g/mol. The summed E-state index contributed by atoms with van der Waals surface area (Å²) >= 11 is 0. The van der Waals surface area contributed by atoms with Crippen molar-refractivity contribution in [2.24, 2.45) is 17.3 Å². The van der Waals surface area contributed by atoms with Crippen LogP contribution in [0.25, 0.3) is 0 Å². The lowest BCUT2D eigenvalue weighted by molar-refractivity contribution is -0.126. The molecule has 0 saturated heterocycles. The molecule has 1 amide bonds. The van der Waals surface area contributed by atoms with Gasteiger partial charge in [0.25, 0.3) is 0 Å². The third kappa shape index (κ3) is 7.63. The number of hydrogen-bond donors (Lipinski definition) is 1. The third-order valence-corrected chi connectivity index (χ3v) is 5.63. The molecule has 4 heteroatoms. The summed E-state index contributed by atoms with van der Waals surface area (Å²) in [6.07, 6.45) is 4.36. The fraction of sp³-hybridized carbons (Fsp3) is 0.696. The third-order valence-electron chi connectivity index (χ3n) is 5.63. The van der Waals surface area contributed by atoms with Gasteiger partial charge in [0.05, 0.1) is 19.8 Å². The number of ether oxygens (including phenoxy) is 2. The number of benzene rings is 1. The molecular formula is C23H37NO3. The van der Waals surface area contributed by atoms with E-state index in [-0.39, 0.29) is 11.8 Å². The number of hydrogen-bond acceptors (Lipinski definition) is 3. The van der Waals surface area contributed by atoms with Crippen LogP contribution >= 0.6 is 0 Å². The molecule has 1 fully saturated rings. The van der Waals surface area contributed by atoms with Gasteiger partial charge in [-0.1, -0.05) is 45.0 Å². The molecule has 0 atom stereocenters. The second-order valence-electron chi connectivity index (χ2n) is 8.70. The van der Waals surface area contributed by atoms with E-state index in [1.165, 1.54) is 0 Å². The van der Waals surface area contributed by atoms with E-state index in [9.17, 15) is 4.79 Å². The molecule has 0 heterocycles. The Labute approximate surface area is 165 Å². The number of nitrogens with one attached hydrogen (secondary N) is 1. The first-order valence-electron chi connectivity index (χ1n) is 10.4. The molecule has 27 heavy (non-hydrogen) atoms. The molecule has 0 spiro atoms. The van der Waals surface area contributed by atoms with E-state index in [0.29, 0.717) is 31.8 Å². The van der Waals surface area contributed by atoms with Gasteiger partial charge < -0.3 is 14.8 Å². The summed E-state index contributed by atoms with van der Waals surface area (Å²) in [5, 5.41) is 3.13. The van der Waals surface area contributed by atoms with E-state index in [2.05, 4.69) is 44.3 Å². The normalized spacial score (nSPS) is 20.4. The summed E-state index contributed by atoms with van der Waals surface area (Å²) in [6, 6.07) is 8.25. The van der Waals surface area contributed by atoms with Crippen molar-refractivity contribution in [3.63, 3.8) is 0 Å². The lowest BCUT2D eigenvalue weighted by atomic mass is 9.69. The number of amides is 1. The summed E-state index contributed by atoms with van der Waals surface area (Å²) in [4.78, 5) is 12.5. The average Bonchev–Trinajstić information content (AvgIpc) is 2.66. The summed E-state index contributed by atoms with van der Waals surface area (Å²) in [5.74, 6) is 1.12. The Hall–Kier alpha value is -1.39. The van der Waals surface area contributed by atoms with Crippen molar-refractivity contribution in [1.29, 1.82) is 0 Å². The molecule has 1 aromatic rings. The lowest BCUT2D eigenvalue weighted by Crippen LogP contribution is -2.35. The van der Waals surface area contributed by atoms with Crippen LogP contribution < -0.4 is 5.32 Å². The summed E-state index contributed by atoms with van der Waals surface area (Å²) in [5.41, 5.74) is 2.61. The summed E-state index contributed by atoms with van der Waals surface area (Å²) in [6.45, 7) is 12.0. The van der Waals surface area contributed by atoms with Crippen molar-refractivity contribution in [1.82, 2.24) is 5.32 Å². The molecule has 0 bridgehead atoms. The fourth-order valence-corrected chi connectivity index (χ4v) is 3.84. The van der Waals surface area contributed by atoms with E-state index in [1.807, 2.05) is 13.0 Å². The standard InChI is InChI=1S/C23H37NO3/c1-5-26-13-14-27-17-19-8-6-7-18(15-19)16-24-22(25)20-9-11-21(12-10-20)23(2,3)4/h6-8,15,20-21H,5,9-14,16-17H2,1-4H3,(H,24,25). The second-order valence-corrected chi connectivity index (χ2v) is 8.70. The molecule has 1 aliphatic carbocycles. The van der Waals surface area contributed by atoms with Crippen molar-refractivity contribution >= 4 is 5.91 Å². The van der Waals surface area contributed by atoms with E-state index < -0.39 is 0 Å². The Kier molecular flexibility index (Phi) is 8.78. The van der Waals surface area contributed by atoms with Crippen molar-refractivity contribution in [3.05, 3.63) is 35.4 Å². The first-order chi connectivity index (χ1) is 12.9. The topological polar surface area (TPSA) is 47.6 Å². The van der Waals surface area contributed by atoms with E-state index in [4.69, 9.17) is 9.47 Å². The Morgan fingerprint density at radius 3 is 2.41 bits per heavy atom. The Morgan fingerprint density at radius 2 is 1.74 bits per heavy atom. The minimum absolute atomic E-state index is 0.175. The smallest absolute Gasteiger partial charge is 0.223 e. The minimum atomic E-state index is 0.175. The Bertz CT molecular complexity index is 571. The van der Waals surface area contributed by atoms with Crippen LogP contribution in [0.3, 0.4) is 0 Å². The van der Waals surface area contributed by atoms with Gasteiger partial charge in [-0.3, -0.25) is 4.79 Å². The molecule has 4 nitrogen and oxygen atoms in total. The van der Waals surface area contributed by atoms with Crippen LogP contribution in [0.2, 0.25) is 0 Å². The van der Waals surface area contributed by atoms with Crippen molar-refractivity contribution in [2.45, 2.75) is 66.5 Å². The van der Waals surface area contributed by atoms with Crippen molar-refractivity contribution in [3.8, 4) is 0 Å². The van der Waals surface area contributed by atoms with Gasteiger partial charge in [0.15, 0.2) is 0 Å². The van der Waals surface area contributed by atoms with Crippen molar-refractivity contribution in [2.75, 3.05) is 19.8 Å². The molecule has 1 aliphatic rings. The predicted molar refractivity (Wildman–Crippen MR) is 109 cm³/mol. The Morgan fingerprint density at radius 1 is 1.07 bits per heavy atom. The van der Waals surface area contributed by atoms with Crippen LogP contribution in [0, 0.1) is 17.3 Å². The maximum Gasteiger partial charge on any atom is 0.223 e. The molecule has 1 saturated carbocycles. The average molecular weight is 376 g/mol. The highest BCUT2D eigenvalue weighted by atomic mass is 16.5. The molecule has 1 N–H and O–H groups in total. The molecule has 1 aromatic carbocycles. The minimum Gasteiger partial charge on any atom is -0.379 e. The maximum atomic E-state index is 12.5. The van der Waals surface area contributed by atoms with Crippen LogP contribution in [-0.2, 0) is 27.4 Å². The Balaban J connectivity index is 1.73. The maximum absolute atomic E-state index is 12.5. The van der Waals surface area contributed by atoms with Gasteiger partial charge in [0.2, 0.25) is 5.91 Å². The van der Waals surface area contributed by atoms with Gasteiger partial charge in [-0.15, -0.1) is 0 Å². The number of carbonyl (C=O) groups is 1. The molecule has 0 radical (unpaired) electrons. The van der Waals surface area contributed by atoms with Crippen LogP contribution in [0.4, 0.5) is 0 Å². The summed E-state index contributed by atoms with van der Waals surface area (Å²) < 4.78 is 10.9. The van der Waals surface area contributed by atoms with Gasteiger partial charge >= 0.3 is 0 Å². The fourth-order valence-electron chi connectivity index (χ4n) is 3.84. The summed E-state index contributed by atoms with van der Waals surface area (Å²) in [7, 11) is 0. The highest BCUT2D eigenvalue weighted by Gasteiger charge is 2.32. The van der Waals surface area contributed by atoms with Crippen LogP contribution in [0.5, 0.6) is 0 Å². The van der Waals surface area contributed by atoms with Gasteiger partial charge in [-0.2, -0.15) is 0 Å². The highest BCUT2D eigenvalue weighted by Crippen LogP contribution is 2.39. The monoisotopic (exact) mass is 375 g/mol. The molecule has 2 rings (SSSR count). The molecule has 0 aromatic heterocycles. The largest absolute Gasteiger partial charge is 0.379 e. The number of carbonyl (C=O) groups excluding carboxylic acids is 1. The van der Waals surface area contributed by atoms with Gasteiger partial charge in [-0.05, 0) is 55.1 Å². The quantitative estimate of drug-likeness (QED) is 0.636. The van der Waals surface area contributed by atoms with Gasteiger partial charge in [-0.25, -0.2) is 0 Å². The molecule has 152 valence electrons. The SMILES string of the molecule is CCOCCOCc1cccc(CNC(=O)C2CCC(C(C)(C)C)CC2)c1. The zero-order valence-corrected chi connectivity index (χ0v) is 17.6. The lowest BCUT2D eigenvalue weighted by Gasteiger charge is -2.36. The van der Waals surface area contributed by atoms with Crippen LogP contribution in [-0.4, -0.2) is 25.7 Å². The zero-order chi connectivity index (χ0) is 19.7. The van der Waals surface area contributed by atoms with E-state index >= 15 is 0 Å². The zero-order valence-electron chi connectivity index (χ0n) is 17.6. The first kappa shape index (κ1) is 21.9.